The van der Waals surface area contributed by atoms with E-state index in [2.05, 4.69) is 22.0 Å². The Morgan fingerprint density at radius 2 is 2.14 bits per heavy atom. The quantitative estimate of drug-likeness (QED) is 0.806. The van der Waals surface area contributed by atoms with Crippen molar-refractivity contribution in [2.75, 3.05) is 25.0 Å². The van der Waals surface area contributed by atoms with E-state index in [-0.39, 0.29) is 0 Å². The Hall–Kier alpha value is -1.59. The van der Waals surface area contributed by atoms with Crippen molar-refractivity contribution in [1.82, 2.24) is 15.0 Å². The Bertz CT molecular complexity index is 510. The third-order valence-electron chi connectivity index (χ3n) is 4.80. The summed E-state index contributed by atoms with van der Waals surface area (Å²) in [5, 5.41) is 4.03. The Labute approximate surface area is 131 Å². The number of likely N-dealkylation sites (tertiary alicyclic amines) is 1. The summed E-state index contributed by atoms with van der Waals surface area (Å²) in [5.41, 5.74) is 0. The monoisotopic (exact) mass is 306 g/mol. The molecule has 1 amide bonds. The van der Waals surface area contributed by atoms with Crippen LogP contribution in [-0.2, 0) is 11.2 Å². The first-order valence-electron chi connectivity index (χ1n) is 8.50. The van der Waals surface area contributed by atoms with Gasteiger partial charge in [0, 0.05) is 44.9 Å². The van der Waals surface area contributed by atoms with Gasteiger partial charge in [-0.25, -0.2) is 0 Å². The summed E-state index contributed by atoms with van der Waals surface area (Å²) < 4.78 is 5.23. The minimum absolute atomic E-state index is 0.324. The van der Waals surface area contributed by atoms with Crippen LogP contribution in [0.4, 0.5) is 5.95 Å². The zero-order valence-electron chi connectivity index (χ0n) is 13.6. The SMILES string of the molecule is CCCc1nc(N(C)CC2CC(=O)N(C3CCCC3)C2)no1. The summed E-state index contributed by atoms with van der Waals surface area (Å²) in [6.45, 7) is 3.78. The van der Waals surface area contributed by atoms with Crippen LogP contribution in [0, 0.1) is 5.92 Å². The predicted octanol–water partition coefficient (Wildman–Crippen LogP) is 2.25. The predicted molar refractivity (Wildman–Crippen MR) is 83.6 cm³/mol. The molecule has 3 rings (SSSR count). The van der Waals surface area contributed by atoms with E-state index in [1.54, 1.807) is 0 Å². The topological polar surface area (TPSA) is 62.5 Å². The molecule has 1 aromatic heterocycles. The minimum Gasteiger partial charge on any atom is -0.341 e. The Kier molecular flexibility index (Phi) is 4.64. The van der Waals surface area contributed by atoms with E-state index in [0.29, 0.717) is 36.1 Å². The molecule has 1 aliphatic carbocycles. The molecular weight excluding hydrogens is 280 g/mol. The molecule has 1 aliphatic heterocycles. The second-order valence-corrected chi connectivity index (χ2v) is 6.67. The Balaban J connectivity index is 1.55. The van der Waals surface area contributed by atoms with Crippen LogP contribution in [0.25, 0.3) is 0 Å². The summed E-state index contributed by atoms with van der Waals surface area (Å²) in [6.07, 6.45) is 7.36. The molecule has 0 spiro atoms. The lowest BCUT2D eigenvalue weighted by Gasteiger charge is -2.25. The van der Waals surface area contributed by atoms with Gasteiger partial charge in [-0.15, -0.1) is 0 Å². The number of aryl methyl sites for hydroxylation is 1. The van der Waals surface area contributed by atoms with Crippen molar-refractivity contribution >= 4 is 11.9 Å². The van der Waals surface area contributed by atoms with Crippen molar-refractivity contribution in [3.8, 4) is 0 Å². The molecule has 6 heteroatoms. The van der Waals surface area contributed by atoms with Gasteiger partial charge in [0.1, 0.15) is 0 Å². The fourth-order valence-electron chi connectivity index (χ4n) is 3.68. The molecule has 22 heavy (non-hydrogen) atoms. The molecule has 0 radical (unpaired) electrons. The number of aromatic nitrogens is 2. The van der Waals surface area contributed by atoms with Crippen molar-refractivity contribution in [2.45, 2.75) is 57.9 Å². The molecule has 1 aromatic rings. The highest BCUT2D eigenvalue weighted by Gasteiger charge is 2.36. The van der Waals surface area contributed by atoms with E-state index >= 15 is 0 Å². The number of hydrogen-bond acceptors (Lipinski definition) is 5. The van der Waals surface area contributed by atoms with E-state index in [0.717, 1.165) is 25.9 Å². The number of carbonyl (C=O) groups is 1. The largest absolute Gasteiger partial charge is 0.341 e. The number of anilines is 1. The van der Waals surface area contributed by atoms with E-state index < -0.39 is 0 Å². The van der Waals surface area contributed by atoms with E-state index in [4.69, 9.17) is 4.52 Å². The van der Waals surface area contributed by atoms with E-state index in [1.807, 2.05) is 11.9 Å². The maximum absolute atomic E-state index is 12.2. The summed E-state index contributed by atoms with van der Waals surface area (Å²) in [6, 6.07) is 0.490. The van der Waals surface area contributed by atoms with Crippen LogP contribution in [-0.4, -0.2) is 47.1 Å². The zero-order valence-corrected chi connectivity index (χ0v) is 13.6. The number of rotatable bonds is 6. The molecule has 2 fully saturated rings. The van der Waals surface area contributed by atoms with Gasteiger partial charge in [-0.05, 0) is 24.4 Å². The standard InChI is InChI=1S/C16H26N4O2/c1-3-6-14-17-16(18-22-14)19(2)10-12-9-15(21)20(11-12)13-7-4-5-8-13/h12-13H,3-11H2,1-2H3. The summed E-state index contributed by atoms with van der Waals surface area (Å²) in [5.74, 6) is 2.02. The van der Waals surface area contributed by atoms with Crippen LogP contribution in [0.1, 0.15) is 51.3 Å². The summed E-state index contributed by atoms with van der Waals surface area (Å²) in [4.78, 5) is 20.8. The summed E-state index contributed by atoms with van der Waals surface area (Å²) in [7, 11) is 1.98. The van der Waals surface area contributed by atoms with Crippen LogP contribution in [0.15, 0.2) is 4.52 Å². The molecule has 2 heterocycles. The minimum atomic E-state index is 0.324. The average molecular weight is 306 g/mol. The van der Waals surface area contributed by atoms with Gasteiger partial charge in [-0.2, -0.15) is 4.98 Å². The maximum atomic E-state index is 12.2. The van der Waals surface area contributed by atoms with Crippen molar-refractivity contribution < 1.29 is 9.32 Å². The second kappa shape index (κ2) is 6.67. The lowest BCUT2D eigenvalue weighted by Crippen LogP contribution is -2.35. The lowest BCUT2D eigenvalue weighted by molar-refractivity contribution is -0.129. The fraction of sp³-hybridized carbons (Fsp3) is 0.812. The number of amides is 1. The molecule has 1 saturated carbocycles. The highest BCUT2D eigenvalue weighted by Crippen LogP contribution is 2.30. The van der Waals surface area contributed by atoms with Crippen LogP contribution < -0.4 is 4.90 Å². The molecule has 6 nitrogen and oxygen atoms in total. The van der Waals surface area contributed by atoms with Gasteiger partial charge in [0.25, 0.3) is 5.95 Å². The normalized spacial score (nSPS) is 22.7. The van der Waals surface area contributed by atoms with E-state index in [1.165, 1.54) is 25.7 Å². The van der Waals surface area contributed by atoms with Crippen molar-refractivity contribution in [3.05, 3.63) is 5.89 Å². The number of hydrogen-bond donors (Lipinski definition) is 0. The lowest BCUT2D eigenvalue weighted by atomic mass is 10.1. The van der Waals surface area contributed by atoms with Gasteiger partial charge in [-0.1, -0.05) is 19.8 Å². The van der Waals surface area contributed by atoms with Gasteiger partial charge in [0.15, 0.2) is 0 Å². The van der Waals surface area contributed by atoms with Gasteiger partial charge < -0.3 is 14.3 Å². The van der Waals surface area contributed by atoms with Gasteiger partial charge in [-0.3, -0.25) is 4.79 Å². The third-order valence-corrected chi connectivity index (χ3v) is 4.80. The molecule has 0 aromatic carbocycles. The zero-order chi connectivity index (χ0) is 15.5. The smallest absolute Gasteiger partial charge is 0.265 e. The second-order valence-electron chi connectivity index (χ2n) is 6.67. The van der Waals surface area contributed by atoms with Gasteiger partial charge in [0.2, 0.25) is 11.8 Å². The average Bonchev–Trinajstić information content (AvgIpc) is 3.19. The van der Waals surface area contributed by atoms with Gasteiger partial charge in [0.05, 0.1) is 0 Å². The van der Waals surface area contributed by atoms with Crippen molar-refractivity contribution in [1.29, 1.82) is 0 Å². The molecule has 122 valence electrons. The molecule has 1 saturated heterocycles. The Morgan fingerprint density at radius 3 is 2.86 bits per heavy atom. The van der Waals surface area contributed by atoms with Crippen LogP contribution in [0.5, 0.6) is 0 Å². The van der Waals surface area contributed by atoms with Crippen LogP contribution in [0.2, 0.25) is 0 Å². The summed E-state index contributed by atoms with van der Waals surface area (Å²) >= 11 is 0. The fourth-order valence-corrected chi connectivity index (χ4v) is 3.68. The number of nitrogens with zero attached hydrogens (tertiary/aromatic N) is 4. The molecule has 0 N–H and O–H groups in total. The number of carbonyl (C=O) groups excluding carboxylic acids is 1. The first-order valence-corrected chi connectivity index (χ1v) is 8.50. The first kappa shape index (κ1) is 15.3. The molecule has 1 unspecified atom stereocenters. The highest BCUT2D eigenvalue weighted by atomic mass is 16.5. The maximum Gasteiger partial charge on any atom is 0.265 e. The van der Waals surface area contributed by atoms with Crippen LogP contribution in [0.3, 0.4) is 0 Å². The Morgan fingerprint density at radius 1 is 1.36 bits per heavy atom. The highest BCUT2D eigenvalue weighted by molar-refractivity contribution is 5.79. The molecule has 1 atom stereocenters. The molecule has 0 bridgehead atoms. The first-order chi connectivity index (χ1) is 10.7. The molecular formula is C16H26N4O2. The van der Waals surface area contributed by atoms with Gasteiger partial charge >= 0.3 is 0 Å². The molecule has 2 aliphatic rings. The van der Waals surface area contributed by atoms with Crippen molar-refractivity contribution in [2.24, 2.45) is 5.92 Å². The van der Waals surface area contributed by atoms with Crippen molar-refractivity contribution in [3.63, 3.8) is 0 Å². The third kappa shape index (κ3) is 3.25. The van der Waals surface area contributed by atoms with Crippen LogP contribution >= 0.6 is 0 Å². The van der Waals surface area contributed by atoms with E-state index in [9.17, 15) is 4.79 Å².